The van der Waals surface area contributed by atoms with Crippen molar-refractivity contribution in [3.8, 4) is 0 Å². The van der Waals surface area contributed by atoms with Crippen LogP contribution in [0.5, 0.6) is 0 Å². The highest BCUT2D eigenvalue weighted by atomic mass is 32.2. The molecule has 1 fully saturated rings. The Labute approximate surface area is 220 Å². The Morgan fingerprint density at radius 2 is 1.81 bits per heavy atom. The number of aryl methyl sites for hydroxylation is 2. The molecule has 0 bridgehead atoms. The van der Waals surface area contributed by atoms with Crippen LogP contribution < -0.4 is 4.72 Å². The van der Waals surface area contributed by atoms with Gasteiger partial charge < -0.3 is 4.57 Å². The highest BCUT2D eigenvalue weighted by molar-refractivity contribution is 7.90. The molecule has 1 aromatic carbocycles. The summed E-state index contributed by atoms with van der Waals surface area (Å²) in [7, 11) is -3.96. The van der Waals surface area contributed by atoms with Gasteiger partial charge in [0.15, 0.2) is 5.65 Å². The lowest BCUT2D eigenvalue weighted by molar-refractivity contribution is -0.124. The average Bonchev–Trinajstić information content (AvgIpc) is 3.25. The SMILES string of the molecule is Cc1cc(C)c2nc(C3CC3)n(Cc3ccc(C4(C(=O)NS(=O)(=O)c5ccccc5)CC=CC4)s3)c2n1. The molecule has 0 unspecified atom stereocenters. The number of nitrogens with one attached hydrogen (secondary N) is 1. The lowest BCUT2D eigenvalue weighted by Gasteiger charge is -2.26. The van der Waals surface area contributed by atoms with Crippen LogP contribution in [0.3, 0.4) is 0 Å². The molecule has 0 saturated heterocycles. The lowest BCUT2D eigenvalue weighted by Crippen LogP contribution is -2.44. The van der Waals surface area contributed by atoms with Crippen molar-refractivity contribution in [1.29, 1.82) is 0 Å². The van der Waals surface area contributed by atoms with E-state index in [1.807, 2.05) is 31.2 Å². The highest BCUT2D eigenvalue weighted by Gasteiger charge is 2.43. The van der Waals surface area contributed by atoms with Crippen molar-refractivity contribution in [1.82, 2.24) is 19.3 Å². The van der Waals surface area contributed by atoms with E-state index in [-0.39, 0.29) is 4.90 Å². The van der Waals surface area contributed by atoms with E-state index < -0.39 is 21.3 Å². The topological polar surface area (TPSA) is 94.0 Å². The zero-order valence-electron chi connectivity index (χ0n) is 20.8. The quantitative estimate of drug-likeness (QED) is 0.333. The van der Waals surface area contributed by atoms with Crippen LogP contribution in [0.15, 0.2) is 65.6 Å². The Balaban J connectivity index is 1.32. The molecule has 1 N–H and O–H groups in total. The molecule has 0 radical (unpaired) electrons. The van der Waals surface area contributed by atoms with Crippen LogP contribution in [0, 0.1) is 13.8 Å². The van der Waals surface area contributed by atoms with E-state index in [4.69, 9.17) is 9.97 Å². The number of hydrogen-bond acceptors (Lipinski definition) is 6. The number of amides is 1. The molecule has 0 spiro atoms. The number of imidazole rings is 1. The van der Waals surface area contributed by atoms with Crippen LogP contribution in [-0.4, -0.2) is 28.9 Å². The Hall–Kier alpha value is -3.30. The Morgan fingerprint density at radius 3 is 2.51 bits per heavy atom. The molecular weight excluding hydrogens is 504 g/mol. The first kappa shape index (κ1) is 24.1. The van der Waals surface area contributed by atoms with Gasteiger partial charge in [0.05, 0.1) is 16.9 Å². The van der Waals surface area contributed by atoms with Gasteiger partial charge in [0.25, 0.3) is 10.0 Å². The van der Waals surface area contributed by atoms with E-state index in [0.717, 1.165) is 50.8 Å². The number of allylic oxidation sites excluding steroid dienone is 2. The Bertz CT molecular complexity index is 1640. The summed E-state index contributed by atoms with van der Waals surface area (Å²) in [6.07, 6.45) is 7.12. The first-order chi connectivity index (χ1) is 17.8. The van der Waals surface area contributed by atoms with Crippen molar-refractivity contribution < 1.29 is 13.2 Å². The fraction of sp³-hybridized carbons (Fsp3) is 0.321. The summed E-state index contributed by atoms with van der Waals surface area (Å²) < 4.78 is 30.4. The minimum absolute atomic E-state index is 0.0778. The van der Waals surface area contributed by atoms with E-state index in [0.29, 0.717) is 25.3 Å². The zero-order valence-corrected chi connectivity index (χ0v) is 22.4. The number of benzene rings is 1. The monoisotopic (exact) mass is 532 g/mol. The van der Waals surface area contributed by atoms with Gasteiger partial charge in [0, 0.05) is 21.4 Å². The fourth-order valence-corrected chi connectivity index (χ4v) is 7.41. The van der Waals surface area contributed by atoms with Gasteiger partial charge in [-0.1, -0.05) is 30.4 Å². The fourth-order valence-electron chi connectivity index (χ4n) is 5.13. The van der Waals surface area contributed by atoms with Crippen LogP contribution in [0.25, 0.3) is 11.2 Å². The molecule has 2 aliphatic rings. The van der Waals surface area contributed by atoms with Crippen LogP contribution >= 0.6 is 11.3 Å². The lowest BCUT2D eigenvalue weighted by atomic mass is 9.83. The molecule has 3 heterocycles. The van der Waals surface area contributed by atoms with Gasteiger partial charge in [-0.2, -0.15) is 0 Å². The average molecular weight is 533 g/mol. The second-order valence-electron chi connectivity index (χ2n) is 10.1. The molecule has 1 amide bonds. The molecule has 2 aliphatic carbocycles. The normalized spacial score (nSPS) is 16.9. The molecule has 4 aromatic rings. The Morgan fingerprint density at radius 1 is 1.08 bits per heavy atom. The Kier molecular flexibility index (Phi) is 5.80. The third kappa shape index (κ3) is 4.30. The van der Waals surface area contributed by atoms with Crippen LogP contribution in [0.4, 0.5) is 0 Å². The second-order valence-corrected chi connectivity index (χ2v) is 12.9. The van der Waals surface area contributed by atoms with Crippen LogP contribution in [0.1, 0.15) is 58.4 Å². The maximum absolute atomic E-state index is 13.5. The van der Waals surface area contributed by atoms with Crippen molar-refractivity contribution in [2.45, 2.75) is 62.3 Å². The van der Waals surface area contributed by atoms with Crippen molar-refractivity contribution in [3.63, 3.8) is 0 Å². The number of fused-ring (bicyclic) bond motifs is 1. The molecule has 7 nitrogen and oxygen atoms in total. The molecule has 3 aromatic heterocycles. The number of sulfonamides is 1. The third-order valence-corrected chi connectivity index (χ3v) is 9.88. The molecule has 190 valence electrons. The summed E-state index contributed by atoms with van der Waals surface area (Å²) in [5, 5.41) is 0. The number of thiophene rings is 1. The number of rotatable bonds is 7. The van der Waals surface area contributed by atoms with Crippen molar-refractivity contribution in [3.05, 3.63) is 87.5 Å². The number of aromatic nitrogens is 3. The van der Waals surface area contributed by atoms with E-state index in [2.05, 4.69) is 22.3 Å². The summed E-state index contributed by atoms with van der Waals surface area (Å²) in [5.74, 6) is 1.05. The number of nitrogens with zero attached hydrogens (tertiary/aromatic N) is 3. The molecule has 1 saturated carbocycles. The van der Waals surface area contributed by atoms with Gasteiger partial charge in [-0.25, -0.2) is 23.1 Å². The maximum atomic E-state index is 13.5. The third-order valence-electron chi connectivity index (χ3n) is 7.26. The second kappa shape index (κ2) is 8.92. The standard InChI is InChI=1S/C28H28N4O3S2/c1-18-16-19(2)29-26-24(18)30-25(20-10-11-20)32(26)17-21-12-13-23(36-21)28(14-6-7-15-28)27(33)31-37(34,35)22-8-4-3-5-9-22/h3-9,12-13,16,20H,10-11,14-15,17H2,1-2H3,(H,31,33). The molecule has 37 heavy (non-hydrogen) atoms. The minimum atomic E-state index is -3.96. The molecule has 0 aliphatic heterocycles. The molecule has 6 rings (SSSR count). The zero-order chi connectivity index (χ0) is 25.8. The first-order valence-electron chi connectivity index (χ1n) is 12.5. The van der Waals surface area contributed by atoms with Crippen LogP contribution in [0.2, 0.25) is 0 Å². The van der Waals surface area contributed by atoms with E-state index >= 15 is 0 Å². The summed E-state index contributed by atoms with van der Waals surface area (Å²) >= 11 is 1.56. The number of hydrogen-bond donors (Lipinski definition) is 1. The van der Waals surface area contributed by atoms with Crippen LogP contribution in [-0.2, 0) is 26.8 Å². The maximum Gasteiger partial charge on any atom is 0.264 e. The number of carbonyl (C=O) groups is 1. The van der Waals surface area contributed by atoms with Crippen molar-refractivity contribution in [2.75, 3.05) is 0 Å². The van der Waals surface area contributed by atoms with Gasteiger partial charge in [0.2, 0.25) is 5.91 Å². The van der Waals surface area contributed by atoms with Gasteiger partial charge in [-0.05, 0) is 75.4 Å². The number of pyridine rings is 1. The van der Waals surface area contributed by atoms with Crippen molar-refractivity contribution in [2.24, 2.45) is 0 Å². The van der Waals surface area contributed by atoms with Gasteiger partial charge in [-0.3, -0.25) is 4.79 Å². The number of carbonyl (C=O) groups excluding carboxylic acids is 1. The van der Waals surface area contributed by atoms with E-state index in [1.54, 1.807) is 29.5 Å². The summed E-state index contributed by atoms with van der Waals surface area (Å²) in [6.45, 7) is 4.70. The predicted molar refractivity (Wildman–Crippen MR) is 144 cm³/mol. The van der Waals surface area contributed by atoms with E-state index in [9.17, 15) is 13.2 Å². The molecule has 0 atom stereocenters. The summed E-state index contributed by atoms with van der Waals surface area (Å²) in [4.78, 5) is 25.4. The van der Waals surface area contributed by atoms with Crippen molar-refractivity contribution >= 4 is 38.4 Å². The van der Waals surface area contributed by atoms with Gasteiger partial charge in [-0.15, -0.1) is 11.3 Å². The highest BCUT2D eigenvalue weighted by Crippen LogP contribution is 2.43. The van der Waals surface area contributed by atoms with E-state index in [1.165, 1.54) is 12.1 Å². The largest absolute Gasteiger partial charge is 0.307 e. The first-order valence-corrected chi connectivity index (χ1v) is 14.8. The molecular formula is C28H28N4O3S2. The van der Waals surface area contributed by atoms with Gasteiger partial charge in [0.1, 0.15) is 11.3 Å². The predicted octanol–water partition coefficient (Wildman–Crippen LogP) is 5.13. The smallest absolute Gasteiger partial charge is 0.264 e. The molecule has 9 heteroatoms. The minimum Gasteiger partial charge on any atom is -0.307 e. The summed E-state index contributed by atoms with van der Waals surface area (Å²) in [5.41, 5.74) is 3.01. The summed E-state index contributed by atoms with van der Waals surface area (Å²) in [6, 6.07) is 14.1. The van der Waals surface area contributed by atoms with Gasteiger partial charge >= 0.3 is 0 Å².